The van der Waals surface area contributed by atoms with Crippen LogP contribution >= 0.6 is 11.7 Å². The van der Waals surface area contributed by atoms with Gasteiger partial charge in [-0.15, -0.1) is 0 Å². The normalized spacial score (nSPS) is 13.0. The van der Waals surface area contributed by atoms with E-state index in [4.69, 9.17) is 0 Å². The quantitative estimate of drug-likeness (QED) is 0.696. The van der Waals surface area contributed by atoms with Crippen molar-refractivity contribution in [3.8, 4) is 0 Å². The molecule has 1 heterocycles. The lowest BCUT2D eigenvalue weighted by Crippen LogP contribution is -2.34. The summed E-state index contributed by atoms with van der Waals surface area (Å²) in [6.45, 7) is 0. The lowest BCUT2D eigenvalue weighted by atomic mass is 10.1. The Morgan fingerprint density at radius 1 is 1.12 bits per heavy atom. The second-order valence-electron chi connectivity index (χ2n) is 5.05. The Balaban J connectivity index is 1.99. The number of carboxylic acids is 1. The van der Waals surface area contributed by atoms with Gasteiger partial charge in [-0.3, -0.25) is 0 Å². The number of rotatable bonds is 6. The predicted molar refractivity (Wildman–Crippen MR) is 86.5 cm³/mol. The van der Waals surface area contributed by atoms with Gasteiger partial charge in [0, 0.05) is 12.4 Å². The Morgan fingerprint density at radius 2 is 1.88 bits per heavy atom. The van der Waals surface area contributed by atoms with E-state index in [1.165, 1.54) is 6.07 Å². The zero-order chi connectivity index (χ0) is 17.2. The van der Waals surface area contributed by atoms with E-state index in [2.05, 4.69) is 13.5 Å². The summed E-state index contributed by atoms with van der Waals surface area (Å²) in [5, 5.41) is 11.0. The molecule has 0 bridgehead atoms. The third kappa shape index (κ3) is 3.42. The van der Waals surface area contributed by atoms with Crippen molar-refractivity contribution in [2.24, 2.45) is 0 Å². The van der Waals surface area contributed by atoms with Crippen molar-refractivity contribution in [2.45, 2.75) is 17.4 Å². The molecule has 1 N–H and O–H groups in total. The molecular weight excluding hydrogens is 350 g/mol. The van der Waals surface area contributed by atoms with E-state index in [9.17, 15) is 18.3 Å². The van der Waals surface area contributed by atoms with Gasteiger partial charge in [0.1, 0.15) is 15.9 Å². The van der Waals surface area contributed by atoms with Crippen LogP contribution in [0.15, 0.2) is 53.4 Å². The molecule has 0 unspecified atom stereocenters. The summed E-state index contributed by atoms with van der Waals surface area (Å²) in [5.74, 6) is -1.35. The van der Waals surface area contributed by atoms with Gasteiger partial charge >= 0.3 is 0 Å². The number of hydrogen-bond donors (Lipinski definition) is 1. The zero-order valence-corrected chi connectivity index (χ0v) is 13.9. The molecule has 0 aliphatic heterocycles. The molecule has 0 saturated carbocycles. The minimum atomic E-state index is -3.99. The van der Waals surface area contributed by atoms with Crippen molar-refractivity contribution in [3.63, 3.8) is 0 Å². The predicted octanol–water partition coefficient (Wildman–Crippen LogP) is 0.851. The maximum absolute atomic E-state index is 12.7. The second kappa shape index (κ2) is 6.63. The molecular formula is C15H12N3O4S2-. The molecule has 3 aromatic rings. The van der Waals surface area contributed by atoms with Crippen LogP contribution in [0.2, 0.25) is 0 Å². The third-order valence-electron chi connectivity index (χ3n) is 3.41. The Hall–Kier alpha value is -2.36. The van der Waals surface area contributed by atoms with Gasteiger partial charge in [-0.25, -0.2) is 13.1 Å². The van der Waals surface area contributed by atoms with Crippen LogP contribution in [0.4, 0.5) is 0 Å². The molecule has 24 heavy (non-hydrogen) atoms. The van der Waals surface area contributed by atoms with E-state index in [1.807, 2.05) is 0 Å². The summed E-state index contributed by atoms with van der Waals surface area (Å²) < 4.78 is 35.9. The summed E-state index contributed by atoms with van der Waals surface area (Å²) in [6, 6.07) is 12.2. The van der Waals surface area contributed by atoms with Crippen LogP contribution in [0.5, 0.6) is 0 Å². The first-order valence-corrected chi connectivity index (χ1v) is 9.17. The summed E-state index contributed by atoms with van der Waals surface area (Å²) in [6.07, 6.45) is -0.478. The van der Waals surface area contributed by atoms with E-state index < -0.39 is 28.5 Å². The van der Waals surface area contributed by atoms with Gasteiger partial charge in [-0.2, -0.15) is 8.75 Å². The highest BCUT2D eigenvalue weighted by atomic mass is 32.2. The average molecular weight is 362 g/mol. The van der Waals surface area contributed by atoms with Crippen LogP contribution in [0.3, 0.4) is 0 Å². The van der Waals surface area contributed by atoms with Crippen LogP contribution in [0.25, 0.3) is 11.0 Å². The van der Waals surface area contributed by atoms with Gasteiger partial charge in [0.2, 0.25) is 10.0 Å². The lowest BCUT2D eigenvalue weighted by Gasteiger charge is -2.19. The first-order chi connectivity index (χ1) is 11.5. The Kier molecular flexibility index (Phi) is 4.56. The van der Waals surface area contributed by atoms with Crippen LogP contribution in [0, 0.1) is 0 Å². The van der Waals surface area contributed by atoms with Crippen molar-refractivity contribution in [2.75, 3.05) is 0 Å². The van der Waals surface area contributed by atoms with E-state index in [-0.39, 0.29) is 10.4 Å². The first-order valence-electron chi connectivity index (χ1n) is 6.96. The lowest BCUT2D eigenvalue weighted by molar-refractivity contribution is -0.306. The summed E-state index contributed by atoms with van der Waals surface area (Å²) >= 11 is 0.913. The molecule has 1 aromatic heterocycles. The van der Waals surface area contributed by atoms with Gasteiger partial charge in [0.15, 0.2) is 0 Å². The van der Waals surface area contributed by atoms with Crippen molar-refractivity contribution in [1.82, 2.24) is 13.5 Å². The topological polar surface area (TPSA) is 112 Å². The fourth-order valence-corrected chi connectivity index (χ4v) is 4.32. The number of aromatic nitrogens is 2. The molecule has 2 aromatic carbocycles. The number of hydrogen-bond acceptors (Lipinski definition) is 7. The third-order valence-corrected chi connectivity index (χ3v) is 5.45. The van der Waals surface area contributed by atoms with Gasteiger partial charge < -0.3 is 9.90 Å². The molecule has 0 aliphatic rings. The second-order valence-corrected chi connectivity index (χ2v) is 7.26. The zero-order valence-electron chi connectivity index (χ0n) is 12.2. The molecule has 124 valence electrons. The number of carbonyl (C=O) groups is 1. The molecule has 0 aliphatic carbocycles. The molecule has 0 amide bonds. The van der Waals surface area contributed by atoms with Crippen LogP contribution in [0.1, 0.15) is 18.0 Å². The highest BCUT2D eigenvalue weighted by molar-refractivity contribution is 7.89. The molecule has 0 saturated heterocycles. The highest BCUT2D eigenvalue weighted by Gasteiger charge is 2.24. The van der Waals surface area contributed by atoms with Crippen molar-refractivity contribution in [1.29, 1.82) is 0 Å². The summed E-state index contributed by atoms with van der Waals surface area (Å²) in [4.78, 5) is 11.0. The average Bonchev–Trinajstić information content (AvgIpc) is 3.02. The Bertz CT molecular complexity index is 971. The molecule has 9 heteroatoms. The van der Waals surface area contributed by atoms with Crippen LogP contribution < -0.4 is 9.83 Å². The van der Waals surface area contributed by atoms with E-state index in [0.717, 1.165) is 11.7 Å². The van der Waals surface area contributed by atoms with Gasteiger partial charge in [-0.1, -0.05) is 36.4 Å². The molecule has 0 fully saturated rings. The summed E-state index contributed by atoms with van der Waals surface area (Å²) in [5.41, 5.74) is 1.27. The minimum absolute atomic E-state index is 0.0342. The number of nitrogens with zero attached hydrogens (tertiary/aromatic N) is 2. The van der Waals surface area contributed by atoms with Crippen LogP contribution in [-0.2, 0) is 14.8 Å². The van der Waals surface area contributed by atoms with Crippen molar-refractivity contribution >= 4 is 38.8 Å². The van der Waals surface area contributed by atoms with Gasteiger partial charge in [-0.05, 0) is 17.7 Å². The molecule has 1 atom stereocenters. The minimum Gasteiger partial charge on any atom is -0.550 e. The number of fused-ring (bicyclic) bond motifs is 1. The molecule has 0 radical (unpaired) electrons. The largest absolute Gasteiger partial charge is 0.550 e. The maximum atomic E-state index is 12.7. The number of carboxylic acid groups (broad SMARTS) is 1. The molecule has 3 rings (SSSR count). The van der Waals surface area contributed by atoms with E-state index in [0.29, 0.717) is 11.1 Å². The van der Waals surface area contributed by atoms with Crippen molar-refractivity contribution < 1.29 is 18.3 Å². The van der Waals surface area contributed by atoms with Crippen LogP contribution in [-0.4, -0.2) is 23.1 Å². The van der Waals surface area contributed by atoms with E-state index in [1.54, 1.807) is 42.5 Å². The fourth-order valence-electron chi connectivity index (χ4n) is 2.33. The number of aliphatic carboxylic acids is 1. The molecule has 7 nitrogen and oxygen atoms in total. The van der Waals surface area contributed by atoms with Crippen molar-refractivity contribution in [3.05, 3.63) is 54.1 Å². The number of benzene rings is 2. The fraction of sp³-hybridized carbons (Fsp3) is 0.133. The molecule has 0 spiro atoms. The number of sulfonamides is 1. The Labute approximate surface area is 142 Å². The highest BCUT2D eigenvalue weighted by Crippen LogP contribution is 2.24. The Morgan fingerprint density at radius 3 is 2.58 bits per heavy atom. The SMILES string of the molecule is O=C([O-])C[C@H](NS(=O)(=O)c1cccc2nsnc12)c1ccccc1. The number of nitrogens with one attached hydrogen (secondary N) is 1. The van der Waals surface area contributed by atoms with E-state index >= 15 is 0 Å². The monoisotopic (exact) mass is 362 g/mol. The van der Waals surface area contributed by atoms with Gasteiger partial charge in [0.05, 0.1) is 17.8 Å². The summed E-state index contributed by atoms with van der Waals surface area (Å²) in [7, 11) is -3.99. The smallest absolute Gasteiger partial charge is 0.243 e. The standard InChI is InChI=1S/C15H13N3O4S2/c19-14(20)9-12(10-5-2-1-3-6-10)18-24(21,22)13-8-4-7-11-15(13)17-23-16-11/h1-8,12,18H,9H2,(H,19,20)/p-1/t12-/m0/s1. The van der Waals surface area contributed by atoms with Gasteiger partial charge in [0.25, 0.3) is 0 Å². The number of carbonyl (C=O) groups excluding carboxylic acids is 1. The first kappa shape index (κ1) is 16.5. The maximum Gasteiger partial charge on any atom is 0.243 e.